The van der Waals surface area contributed by atoms with Gasteiger partial charge in [0.15, 0.2) is 0 Å². The molecule has 2 rings (SSSR count). The number of rotatable bonds is 7. The molecule has 9 heteroatoms. The van der Waals surface area contributed by atoms with E-state index in [-0.39, 0.29) is 20.5 Å². The molecule has 0 radical (unpaired) electrons. The number of carbonyl (C=O) groups is 1. The molecule has 0 heterocycles. The summed E-state index contributed by atoms with van der Waals surface area (Å²) in [7, 11) is -1.04. The summed E-state index contributed by atoms with van der Waals surface area (Å²) in [5, 5.41) is 2.76. The summed E-state index contributed by atoms with van der Waals surface area (Å²) in [6.07, 6.45) is 0. The molecule has 0 aliphatic heterocycles. The molecule has 152 valence electrons. The van der Waals surface area contributed by atoms with Crippen molar-refractivity contribution in [2.45, 2.75) is 18.7 Å². The number of nitrogens with one attached hydrogen (secondary N) is 1. The molecular formula is C19H23Cl2N3O3S. The molecular weight excluding hydrogens is 421 g/mol. The lowest BCUT2D eigenvalue weighted by Crippen LogP contribution is -2.23. The molecule has 1 amide bonds. The second kappa shape index (κ2) is 9.13. The van der Waals surface area contributed by atoms with Gasteiger partial charge in [-0.05, 0) is 50.2 Å². The molecule has 0 saturated heterocycles. The standard InChI is InChI=1S/C19H23Cl2N3O3S/c1-5-24(6-2)14-9-7-13(8-10-14)22-19(25)15-11-18(17(21)12-16(15)20)28(26,27)23(3)4/h7-12H,5-6H2,1-4H3,(H,22,25). The first kappa shape index (κ1) is 22.5. The largest absolute Gasteiger partial charge is 0.372 e. The SMILES string of the molecule is CCN(CC)c1ccc(NC(=O)c2cc(S(=O)(=O)N(C)C)c(Cl)cc2Cl)cc1. The topological polar surface area (TPSA) is 69.7 Å². The quantitative estimate of drug-likeness (QED) is 0.690. The molecule has 0 saturated carbocycles. The third-order valence-corrected chi connectivity index (χ3v) is 6.87. The molecule has 2 aromatic carbocycles. The minimum Gasteiger partial charge on any atom is -0.372 e. The van der Waals surface area contributed by atoms with Crippen LogP contribution in [0.4, 0.5) is 11.4 Å². The van der Waals surface area contributed by atoms with Gasteiger partial charge in [0.2, 0.25) is 10.0 Å². The molecule has 0 aromatic heterocycles. The van der Waals surface area contributed by atoms with Crippen LogP contribution in [0, 0.1) is 0 Å². The van der Waals surface area contributed by atoms with Crippen LogP contribution in [0.1, 0.15) is 24.2 Å². The third kappa shape index (κ3) is 4.78. The number of sulfonamides is 1. The van der Waals surface area contributed by atoms with Crippen LogP contribution in [0.5, 0.6) is 0 Å². The van der Waals surface area contributed by atoms with Gasteiger partial charge in [-0.15, -0.1) is 0 Å². The molecule has 0 aliphatic rings. The van der Waals surface area contributed by atoms with Crippen LogP contribution in [0.3, 0.4) is 0 Å². The van der Waals surface area contributed by atoms with Crippen LogP contribution >= 0.6 is 23.2 Å². The van der Waals surface area contributed by atoms with Gasteiger partial charge in [0.05, 0.1) is 15.6 Å². The zero-order valence-electron chi connectivity index (χ0n) is 16.2. The predicted octanol–water partition coefficient (Wildman–Crippen LogP) is 4.34. The Labute approximate surface area is 176 Å². The lowest BCUT2D eigenvalue weighted by molar-refractivity contribution is 0.102. The molecule has 0 atom stereocenters. The van der Waals surface area contributed by atoms with Gasteiger partial charge in [0, 0.05) is 38.6 Å². The van der Waals surface area contributed by atoms with E-state index in [1.54, 1.807) is 12.1 Å². The van der Waals surface area contributed by atoms with E-state index in [1.807, 2.05) is 12.1 Å². The zero-order chi connectivity index (χ0) is 21.1. The Hall–Kier alpha value is -1.80. The smallest absolute Gasteiger partial charge is 0.257 e. The van der Waals surface area contributed by atoms with Crippen molar-refractivity contribution in [3.63, 3.8) is 0 Å². The number of hydrogen-bond acceptors (Lipinski definition) is 4. The van der Waals surface area contributed by atoms with Crippen molar-refractivity contribution in [1.29, 1.82) is 0 Å². The fourth-order valence-electron chi connectivity index (χ4n) is 2.64. The highest BCUT2D eigenvalue weighted by atomic mass is 35.5. The van der Waals surface area contributed by atoms with Crippen LogP contribution in [-0.2, 0) is 10.0 Å². The van der Waals surface area contributed by atoms with Crippen molar-refractivity contribution in [2.75, 3.05) is 37.4 Å². The Bertz CT molecular complexity index is 957. The van der Waals surface area contributed by atoms with E-state index in [2.05, 4.69) is 24.1 Å². The van der Waals surface area contributed by atoms with Crippen molar-refractivity contribution >= 4 is 50.5 Å². The minimum absolute atomic E-state index is 0.0271. The molecule has 2 aromatic rings. The fourth-order valence-corrected chi connectivity index (χ4v) is 4.37. The predicted molar refractivity (Wildman–Crippen MR) is 115 cm³/mol. The van der Waals surface area contributed by atoms with Crippen LogP contribution in [0.15, 0.2) is 41.3 Å². The Morgan fingerprint density at radius 1 is 1.00 bits per heavy atom. The number of nitrogens with zero attached hydrogens (tertiary/aromatic N) is 2. The maximum Gasteiger partial charge on any atom is 0.257 e. The van der Waals surface area contributed by atoms with Crippen LogP contribution in [-0.4, -0.2) is 45.8 Å². The van der Waals surface area contributed by atoms with E-state index in [1.165, 1.54) is 26.2 Å². The van der Waals surface area contributed by atoms with Crippen molar-refractivity contribution in [1.82, 2.24) is 4.31 Å². The first-order chi connectivity index (χ1) is 13.1. The maximum atomic E-state index is 12.7. The number of anilines is 2. The van der Waals surface area contributed by atoms with Gasteiger partial charge in [-0.25, -0.2) is 12.7 Å². The van der Waals surface area contributed by atoms with E-state index >= 15 is 0 Å². The van der Waals surface area contributed by atoms with Gasteiger partial charge < -0.3 is 10.2 Å². The molecule has 6 nitrogen and oxygen atoms in total. The highest BCUT2D eigenvalue weighted by Crippen LogP contribution is 2.30. The lowest BCUT2D eigenvalue weighted by atomic mass is 10.2. The Kier molecular flexibility index (Phi) is 7.33. The normalized spacial score (nSPS) is 11.5. The maximum absolute atomic E-state index is 12.7. The highest BCUT2D eigenvalue weighted by Gasteiger charge is 2.24. The van der Waals surface area contributed by atoms with Gasteiger partial charge in [0.25, 0.3) is 5.91 Å². The number of carbonyl (C=O) groups excluding carboxylic acids is 1. The summed E-state index contributed by atoms with van der Waals surface area (Å²) in [5.74, 6) is -0.521. The second-order valence-electron chi connectivity index (χ2n) is 6.22. The average Bonchev–Trinajstić information content (AvgIpc) is 2.63. The van der Waals surface area contributed by atoms with Crippen LogP contribution in [0.2, 0.25) is 10.0 Å². The first-order valence-corrected chi connectivity index (χ1v) is 10.9. The summed E-state index contributed by atoms with van der Waals surface area (Å²) >= 11 is 12.2. The van der Waals surface area contributed by atoms with Crippen molar-refractivity contribution in [2.24, 2.45) is 0 Å². The van der Waals surface area contributed by atoms with Gasteiger partial charge in [-0.2, -0.15) is 0 Å². The molecule has 0 fully saturated rings. The summed E-state index contributed by atoms with van der Waals surface area (Å²) in [5.41, 5.74) is 1.65. The van der Waals surface area contributed by atoms with E-state index in [9.17, 15) is 13.2 Å². The van der Waals surface area contributed by atoms with Gasteiger partial charge in [0.1, 0.15) is 4.90 Å². The fraction of sp³-hybridized carbons (Fsp3) is 0.316. The highest BCUT2D eigenvalue weighted by molar-refractivity contribution is 7.89. The van der Waals surface area contributed by atoms with E-state index in [4.69, 9.17) is 23.2 Å². The molecule has 0 spiro atoms. The number of benzene rings is 2. The zero-order valence-corrected chi connectivity index (χ0v) is 18.5. The monoisotopic (exact) mass is 443 g/mol. The molecule has 0 unspecified atom stereocenters. The summed E-state index contributed by atoms with van der Waals surface area (Å²) in [6, 6.07) is 9.85. The first-order valence-electron chi connectivity index (χ1n) is 8.69. The van der Waals surface area contributed by atoms with Gasteiger partial charge >= 0.3 is 0 Å². The van der Waals surface area contributed by atoms with Gasteiger partial charge in [-0.1, -0.05) is 23.2 Å². The number of halogens is 2. The van der Waals surface area contributed by atoms with Crippen LogP contribution < -0.4 is 10.2 Å². The average molecular weight is 444 g/mol. The van der Waals surface area contributed by atoms with E-state index < -0.39 is 15.9 Å². The minimum atomic E-state index is -3.82. The van der Waals surface area contributed by atoms with E-state index in [0.717, 1.165) is 23.1 Å². The van der Waals surface area contributed by atoms with E-state index in [0.29, 0.717) is 5.69 Å². The van der Waals surface area contributed by atoms with Gasteiger partial charge in [-0.3, -0.25) is 4.79 Å². The van der Waals surface area contributed by atoms with Crippen molar-refractivity contribution < 1.29 is 13.2 Å². The second-order valence-corrected chi connectivity index (χ2v) is 9.16. The molecule has 28 heavy (non-hydrogen) atoms. The molecule has 1 N–H and O–H groups in total. The summed E-state index contributed by atoms with van der Waals surface area (Å²) in [4.78, 5) is 14.7. The van der Waals surface area contributed by atoms with Crippen LogP contribution in [0.25, 0.3) is 0 Å². The third-order valence-electron chi connectivity index (χ3n) is 4.28. The van der Waals surface area contributed by atoms with Crippen molar-refractivity contribution in [3.05, 3.63) is 52.0 Å². The number of hydrogen-bond donors (Lipinski definition) is 1. The molecule has 0 aliphatic carbocycles. The van der Waals surface area contributed by atoms with Crippen molar-refractivity contribution in [3.8, 4) is 0 Å². The Morgan fingerprint density at radius 3 is 2.07 bits per heavy atom. The summed E-state index contributed by atoms with van der Waals surface area (Å²) < 4.78 is 25.9. The lowest BCUT2D eigenvalue weighted by Gasteiger charge is -2.21. The number of amides is 1. The molecule has 0 bridgehead atoms. The Balaban J connectivity index is 2.32. The Morgan fingerprint density at radius 2 is 1.57 bits per heavy atom. The summed E-state index contributed by atoms with van der Waals surface area (Å²) in [6.45, 7) is 5.90.